The van der Waals surface area contributed by atoms with Gasteiger partial charge in [0.25, 0.3) is 0 Å². The molecule has 2 aliphatic rings. The van der Waals surface area contributed by atoms with Gasteiger partial charge in [0, 0.05) is 43.3 Å². The van der Waals surface area contributed by atoms with Gasteiger partial charge in [0.2, 0.25) is 5.91 Å². The van der Waals surface area contributed by atoms with Crippen LogP contribution in [0.5, 0.6) is 0 Å². The average Bonchev–Trinajstić information content (AvgIpc) is 3.64. The summed E-state index contributed by atoms with van der Waals surface area (Å²) in [4.78, 5) is 19.7. The van der Waals surface area contributed by atoms with E-state index in [1.165, 1.54) is 31.2 Å². The van der Waals surface area contributed by atoms with Gasteiger partial charge in [-0.1, -0.05) is 44.0 Å². The van der Waals surface area contributed by atoms with E-state index in [4.69, 9.17) is 12.2 Å². The fourth-order valence-electron chi connectivity index (χ4n) is 5.43. The number of benzene rings is 1. The highest BCUT2D eigenvalue weighted by Gasteiger charge is 2.40. The highest BCUT2D eigenvalue weighted by Crippen LogP contribution is 2.40. The van der Waals surface area contributed by atoms with Crippen LogP contribution in [0.3, 0.4) is 0 Å². The summed E-state index contributed by atoms with van der Waals surface area (Å²) in [7, 11) is 0. The van der Waals surface area contributed by atoms with Crippen molar-refractivity contribution in [1.29, 1.82) is 0 Å². The minimum absolute atomic E-state index is 0.00254. The van der Waals surface area contributed by atoms with Crippen LogP contribution in [-0.4, -0.2) is 32.0 Å². The van der Waals surface area contributed by atoms with Gasteiger partial charge in [-0.3, -0.25) is 9.78 Å². The molecule has 1 saturated heterocycles. The number of hydrogen-bond donors (Lipinski definition) is 2. The molecule has 182 valence electrons. The van der Waals surface area contributed by atoms with Gasteiger partial charge >= 0.3 is 0 Å². The van der Waals surface area contributed by atoms with Crippen molar-refractivity contribution in [3.8, 4) is 0 Å². The van der Waals surface area contributed by atoms with Crippen LogP contribution in [0.25, 0.3) is 0 Å². The standard InChI is InChI=1S/C28H33N5OS/c1-2-20-9-3-6-12-23(20)30-25(34)15-18-33-27(21-14-17-32(19-21)22-10-4-5-11-22)26(31-28(33)35)24-13-7-8-16-29-24/h3,6-9,12-14,16-17,19,22,26-27H,2,4-5,10-11,15,18H2,1H3,(H,30,34)(H,31,35)/t26-,27-/m1/s1. The molecule has 0 radical (unpaired) electrons. The SMILES string of the molecule is CCc1ccccc1NC(=O)CCN1C(=S)N[C@H](c2ccccn2)[C@H]1c1ccn(C2CCCC2)c1. The Bertz CT molecular complexity index is 1170. The van der Waals surface area contributed by atoms with Crippen molar-refractivity contribution in [2.24, 2.45) is 0 Å². The van der Waals surface area contributed by atoms with Crippen molar-refractivity contribution in [3.63, 3.8) is 0 Å². The number of anilines is 1. The fraction of sp³-hybridized carbons (Fsp3) is 0.393. The number of aromatic nitrogens is 2. The smallest absolute Gasteiger partial charge is 0.226 e. The highest BCUT2D eigenvalue weighted by atomic mass is 32.1. The monoisotopic (exact) mass is 487 g/mol. The summed E-state index contributed by atoms with van der Waals surface area (Å²) >= 11 is 5.78. The van der Waals surface area contributed by atoms with Crippen LogP contribution in [0.4, 0.5) is 5.69 Å². The summed E-state index contributed by atoms with van der Waals surface area (Å²) in [5.74, 6) is -0.00254. The first-order valence-electron chi connectivity index (χ1n) is 12.7. The molecule has 1 saturated carbocycles. The predicted molar refractivity (Wildman–Crippen MR) is 143 cm³/mol. The molecule has 1 aromatic carbocycles. The number of rotatable bonds is 8. The van der Waals surface area contributed by atoms with Crippen LogP contribution in [-0.2, 0) is 11.2 Å². The molecule has 3 aromatic rings. The van der Waals surface area contributed by atoms with E-state index in [0.717, 1.165) is 23.4 Å². The number of thiocarbonyl (C=S) groups is 1. The van der Waals surface area contributed by atoms with E-state index in [9.17, 15) is 4.79 Å². The van der Waals surface area contributed by atoms with E-state index < -0.39 is 0 Å². The third kappa shape index (κ3) is 5.10. The lowest BCUT2D eigenvalue weighted by Crippen LogP contribution is -2.32. The molecule has 0 unspecified atom stereocenters. The number of carbonyl (C=O) groups excluding carboxylic acids is 1. The molecular formula is C28H33N5OS. The number of aryl methyl sites for hydroxylation is 1. The maximum atomic E-state index is 12.9. The third-order valence-corrected chi connectivity index (χ3v) is 7.63. The highest BCUT2D eigenvalue weighted by molar-refractivity contribution is 7.80. The molecule has 6 nitrogen and oxygen atoms in total. The Morgan fingerprint density at radius 1 is 1.14 bits per heavy atom. The van der Waals surface area contributed by atoms with E-state index in [1.807, 2.05) is 42.6 Å². The van der Waals surface area contributed by atoms with Crippen LogP contribution in [0.1, 0.15) is 74.0 Å². The van der Waals surface area contributed by atoms with Crippen molar-refractivity contribution in [2.45, 2.75) is 63.6 Å². The Morgan fingerprint density at radius 2 is 1.94 bits per heavy atom. The molecule has 2 N–H and O–H groups in total. The van der Waals surface area contributed by atoms with Crippen molar-refractivity contribution in [3.05, 3.63) is 83.9 Å². The Morgan fingerprint density at radius 3 is 2.71 bits per heavy atom. The van der Waals surface area contributed by atoms with Gasteiger partial charge in [0.15, 0.2) is 5.11 Å². The first-order chi connectivity index (χ1) is 17.1. The number of pyridine rings is 1. The second-order valence-electron chi connectivity index (χ2n) is 9.46. The second kappa shape index (κ2) is 10.6. The first-order valence-corrected chi connectivity index (χ1v) is 13.1. The van der Waals surface area contributed by atoms with Gasteiger partial charge in [-0.2, -0.15) is 0 Å². The van der Waals surface area contributed by atoms with Crippen LogP contribution in [0.2, 0.25) is 0 Å². The van der Waals surface area contributed by atoms with Gasteiger partial charge in [-0.25, -0.2) is 0 Å². The molecule has 0 bridgehead atoms. The number of nitrogens with zero attached hydrogens (tertiary/aromatic N) is 3. The summed E-state index contributed by atoms with van der Waals surface area (Å²) in [6, 6.07) is 16.7. The molecule has 5 rings (SSSR count). The third-order valence-electron chi connectivity index (χ3n) is 7.28. The van der Waals surface area contributed by atoms with Gasteiger partial charge in [0.05, 0.1) is 17.8 Å². The molecule has 2 aromatic heterocycles. The van der Waals surface area contributed by atoms with Crippen LogP contribution in [0.15, 0.2) is 67.1 Å². The molecule has 35 heavy (non-hydrogen) atoms. The number of amides is 1. The molecule has 3 heterocycles. The van der Waals surface area contributed by atoms with E-state index in [1.54, 1.807) is 0 Å². The van der Waals surface area contributed by atoms with E-state index in [2.05, 4.69) is 56.5 Å². The van der Waals surface area contributed by atoms with Crippen LogP contribution in [0, 0.1) is 0 Å². The summed E-state index contributed by atoms with van der Waals surface area (Å²) in [6.45, 7) is 2.63. The normalized spacial score (nSPS) is 20.3. The topological polar surface area (TPSA) is 62.2 Å². The number of hydrogen-bond acceptors (Lipinski definition) is 3. The molecule has 1 amide bonds. The van der Waals surface area contributed by atoms with Crippen LogP contribution >= 0.6 is 12.2 Å². The predicted octanol–water partition coefficient (Wildman–Crippen LogP) is 5.56. The Balaban J connectivity index is 1.36. The fourth-order valence-corrected chi connectivity index (χ4v) is 5.76. The lowest BCUT2D eigenvalue weighted by molar-refractivity contribution is -0.116. The van der Waals surface area contributed by atoms with Gasteiger partial charge in [-0.05, 0) is 66.9 Å². The summed E-state index contributed by atoms with van der Waals surface area (Å²) in [6.07, 6.45) is 12.6. The molecule has 7 heteroatoms. The summed E-state index contributed by atoms with van der Waals surface area (Å²) in [5.41, 5.74) is 4.19. The van der Waals surface area contributed by atoms with E-state index >= 15 is 0 Å². The average molecular weight is 488 g/mol. The lowest BCUT2D eigenvalue weighted by Gasteiger charge is -2.27. The van der Waals surface area contributed by atoms with Gasteiger partial charge < -0.3 is 20.1 Å². The molecule has 2 fully saturated rings. The number of carbonyl (C=O) groups is 1. The molecule has 1 aliphatic carbocycles. The van der Waals surface area contributed by atoms with Crippen molar-refractivity contribution in [1.82, 2.24) is 19.8 Å². The quantitative estimate of drug-likeness (QED) is 0.407. The van der Waals surface area contributed by atoms with Crippen molar-refractivity contribution < 1.29 is 4.79 Å². The van der Waals surface area contributed by atoms with Gasteiger partial charge in [0.1, 0.15) is 0 Å². The maximum absolute atomic E-state index is 12.9. The van der Waals surface area contributed by atoms with Crippen molar-refractivity contribution in [2.75, 3.05) is 11.9 Å². The van der Waals surface area contributed by atoms with E-state index in [0.29, 0.717) is 24.1 Å². The molecular weight excluding hydrogens is 454 g/mol. The molecule has 2 atom stereocenters. The molecule has 0 spiro atoms. The van der Waals surface area contributed by atoms with Crippen molar-refractivity contribution >= 4 is 28.9 Å². The zero-order valence-corrected chi connectivity index (χ0v) is 21.0. The minimum Gasteiger partial charge on any atom is -0.352 e. The lowest BCUT2D eigenvalue weighted by atomic mass is 9.99. The Hall–Kier alpha value is -3.19. The van der Waals surface area contributed by atoms with E-state index in [-0.39, 0.29) is 18.0 Å². The largest absolute Gasteiger partial charge is 0.352 e. The van der Waals surface area contributed by atoms with Gasteiger partial charge in [-0.15, -0.1) is 0 Å². The Labute approximate surface area is 212 Å². The summed E-state index contributed by atoms with van der Waals surface area (Å²) in [5, 5.41) is 7.25. The zero-order valence-electron chi connectivity index (χ0n) is 20.2. The van der Waals surface area contributed by atoms with Crippen LogP contribution < -0.4 is 10.6 Å². The second-order valence-corrected chi connectivity index (χ2v) is 9.85. The number of para-hydroxylation sites is 1. The Kier molecular flexibility index (Phi) is 7.13. The number of nitrogens with one attached hydrogen (secondary N) is 2. The first kappa shape index (κ1) is 23.5. The summed E-state index contributed by atoms with van der Waals surface area (Å²) < 4.78 is 2.37. The maximum Gasteiger partial charge on any atom is 0.226 e. The molecule has 1 aliphatic heterocycles. The minimum atomic E-state index is -0.0630. The zero-order chi connectivity index (χ0) is 24.2.